The Hall–Kier alpha value is -2.14. The van der Waals surface area contributed by atoms with Gasteiger partial charge >= 0.3 is 0 Å². The Morgan fingerprint density at radius 2 is 1.70 bits per heavy atom. The van der Waals surface area contributed by atoms with Crippen molar-refractivity contribution in [1.29, 1.82) is 0 Å². The molecular formula is C26H34O4. The van der Waals surface area contributed by atoms with E-state index in [1.807, 2.05) is 30.3 Å². The maximum atomic E-state index is 6.38. The Kier molecular flexibility index (Phi) is 8.94. The maximum Gasteiger partial charge on any atom is 0.118 e. The Bertz CT molecular complexity index is 739. The topological polar surface area (TPSA) is 36.9 Å². The third kappa shape index (κ3) is 7.28. The van der Waals surface area contributed by atoms with Crippen LogP contribution in [0, 0.1) is 5.92 Å². The van der Waals surface area contributed by atoms with E-state index in [2.05, 4.69) is 37.8 Å². The van der Waals surface area contributed by atoms with Gasteiger partial charge in [0.2, 0.25) is 0 Å². The van der Waals surface area contributed by atoms with E-state index >= 15 is 0 Å². The molecule has 4 heteroatoms. The summed E-state index contributed by atoms with van der Waals surface area (Å²) < 4.78 is 24.1. The lowest BCUT2D eigenvalue weighted by Gasteiger charge is -2.32. The summed E-state index contributed by atoms with van der Waals surface area (Å²) in [6.07, 6.45) is 4.65. The predicted molar refractivity (Wildman–Crippen MR) is 120 cm³/mol. The van der Waals surface area contributed by atoms with Crippen molar-refractivity contribution in [3.8, 4) is 5.75 Å². The van der Waals surface area contributed by atoms with Crippen LogP contribution in [0.4, 0.5) is 0 Å². The molecule has 0 heterocycles. The van der Waals surface area contributed by atoms with Crippen LogP contribution in [0.2, 0.25) is 0 Å². The molecule has 3 atom stereocenters. The van der Waals surface area contributed by atoms with Gasteiger partial charge in [-0.3, -0.25) is 0 Å². The third-order valence-electron chi connectivity index (χ3n) is 5.43. The highest BCUT2D eigenvalue weighted by Crippen LogP contribution is 2.30. The zero-order chi connectivity index (χ0) is 21.2. The van der Waals surface area contributed by atoms with E-state index in [-0.39, 0.29) is 18.3 Å². The van der Waals surface area contributed by atoms with Gasteiger partial charge in [0, 0.05) is 6.42 Å². The van der Waals surface area contributed by atoms with Gasteiger partial charge in [-0.2, -0.15) is 0 Å². The highest BCUT2D eigenvalue weighted by atomic mass is 16.6. The average Bonchev–Trinajstić information content (AvgIpc) is 3.61. The SMILES string of the molecule is C=CCO[C@H](Cc1ccc(OC)cc1)[C@@H](OCC1CC1)[C@H](C)OCc1ccccc1. The van der Waals surface area contributed by atoms with Crippen LogP contribution in [0.5, 0.6) is 5.75 Å². The fourth-order valence-electron chi connectivity index (χ4n) is 3.43. The number of rotatable bonds is 14. The van der Waals surface area contributed by atoms with Gasteiger partial charge in [-0.05, 0) is 48.9 Å². The molecule has 1 aliphatic rings. The van der Waals surface area contributed by atoms with Crippen molar-refractivity contribution in [1.82, 2.24) is 0 Å². The second-order valence-corrected chi connectivity index (χ2v) is 7.96. The molecule has 4 nitrogen and oxygen atoms in total. The molecule has 0 spiro atoms. The minimum absolute atomic E-state index is 0.1000. The Morgan fingerprint density at radius 1 is 0.967 bits per heavy atom. The van der Waals surface area contributed by atoms with Crippen molar-refractivity contribution in [2.24, 2.45) is 5.92 Å². The number of ether oxygens (including phenoxy) is 4. The summed E-state index contributed by atoms with van der Waals surface area (Å²) in [5.74, 6) is 1.53. The van der Waals surface area contributed by atoms with E-state index in [4.69, 9.17) is 18.9 Å². The maximum absolute atomic E-state index is 6.38. The molecule has 162 valence electrons. The van der Waals surface area contributed by atoms with Crippen LogP contribution in [0.1, 0.15) is 30.9 Å². The lowest BCUT2D eigenvalue weighted by Crippen LogP contribution is -2.43. The molecule has 0 unspecified atom stereocenters. The van der Waals surface area contributed by atoms with E-state index in [1.165, 1.54) is 18.4 Å². The zero-order valence-electron chi connectivity index (χ0n) is 18.2. The van der Waals surface area contributed by atoms with Crippen molar-refractivity contribution in [2.75, 3.05) is 20.3 Å². The van der Waals surface area contributed by atoms with E-state index in [0.717, 1.165) is 24.3 Å². The number of benzene rings is 2. The molecule has 2 aromatic carbocycles. The highest BCUT2D eigenvalue weighted by Gasteiger charge is 2.32. The van der Waals surface area contributed by atoms with Crippen LogP contribution >= 0.6 is 0 Å². The Morgan fingerprint density at radius 3 is 2.33 bits per heavy atom. The molecule has 0 radical (unpaired) electrons. The molecule has 2 aromatic rings. The molecule has 1 fully saturated rings. The summed E-state index contributed by atoms with van der Waals surface area (Å²) in [5, 5.41) is 0. The van der Waals surface area contributed by atoms with Crippen molar-refractivity contribution in [2.45, 2.75) is 51.1 Å². The normalized spacial score (nSPS) is 16.6. The first-order chi connectivity index (χ1) is 14.7. The largest absolute Gasteiger partial charge is 0.497 e. The summed E-state index contributed by atoms with van der Waals surface area (Å²) in [7, 11) is 1.68. The zero-order valence-corrected chi connectivity index (χ0v) is 18.2. The summed E-state index contributed by atoms with van der Waals surface area (Å²) in [5.41, 5.74) is 2.34. The third-order valence-corrected chi connectivity index (χ3v) is 5.43. The van der Waals surface area contributed by atoms with E-state index < -0.39 is 0 Å². The highest BCUT2D eigenvalue weighted by molar-refractivity contribution is 5.27. The molecular weight excluding hydrogens is 376 g/mol. The molecule has 0 amide bonds. The first-order valence-electron chi connectivity index (χ1n) is 10.8. The lowest BCUT2D eigenvalue weighted by molar-refractivity contribution is -0.135. The second-order valence-electron chi connectivity index (χ2n) is 7.96. The van der Waals surface area contributed by atoms with Crippen molar-refractivity contribution < 1.29 is 18.9 Å². The molecule has 0 aromatic heterocycles. The first-order valence-corrected chi connectivity index (χ1v) is 10.8. The van der Waals surface area contributed by atoms with Gasteiger partial charge in [-0.15, -0.1) is 6.58 Å². The molecule has 0 bridgehead atoms. The van der Waals surface area contributed by atoms with Gasteiger partial charge in [0.05, 0.1) is 39.1 Å². The van der Waals surface area contributed by atoms with Crippen molar-refractivity contribution >= 4 is 0 Å². The van der Waals surface area contributed by atoms with E-state index in [0.29, 0.717) is 19.1 Å². The van der Waals surface area contributed by atoms with Crippen molar-refractivity contribution in [3.63, 3.8) is 0 Å². The molecule has 30 heavy (non-hydrogen) atoms. The van der Waals surface area contributed by atoms with Gasteiger partial charge in [-0.25, -0.2) is 0 Å². The minimum atomic E-state index is -0.156. The van der Waals surface area contributed by atoms with Crippen LogP contribution < -0.4 is 4.74 Å². The summed E-state index contributed by atoms with van der Waals surface area (Å²) in [6.45, 7) is 7.70. The van der Waals surface area contributed by atoms with Crippen molar-refractivity contribution in [3.05, 3.63) is 78.4 Å². The van der Waals surface area contributed by atoms with Crippen LogP contribution in [-0.2, 0) is 27.2 Å². The predicted octanol–water partition coefficient (Wildman–Crippen LogP) is 5.21. The van der Waals surface area contributed by atoms with Gasteiger partial charge < -0.3 is 18.9 Å². The number of hydrogen-bond acceptors (Lipinski definition) is 4. The quantitative estimate of drug-likeness (QED) is 0.401. The molecule has 3 rings (SSSR count). The molecule has 0 aliphatic heterocycles. The standard InChI is InChI=1S/C26H34O4/c1-4-16-28-25(17-21-12-14-24(27-3)15-13-21)26(30-19-23-10-11-23)20(2)29-18-22-8-6-5-7-9-22/h4-9,12-15,20,23,25-26H,1,10-11,16-19H2,2-3H3/t20-,25+,26-/m0/s1. The first kappa shape index (κ1) is 22.5. The smallest absolute Gasteiger partial charge is 0.118 e. The van der Waals surface area contributed by atoms with Gasteiger partial charge in [0.1, 0.15) is 11.9 Å². The lowest BCUT2D eigenvalue weighted by atomic mass is 10.00. The van der Waals surface area contributed by atoms with Crippen LogP contribution in [0.25, 0.3) is 0 Å². The summed E-state index contributed by atoms with van der Waals surface area (Å²) in [6, 6.07) is 18.4. The minimum Gasteiger partial charge on any atom is -0.497 e. The van der Waals surface area contributed by atoms with Crippen LogP contribution in [0.15, 0.2) is 67.3 Å². The van der Waals surface area contributed by atoms with Gasteiger partial charge in [-0.1, -0.05) is 48.5 Å². The summed E-state index contributed by atoms with van der Waals surface area (Å²) in [4.78, 5) is 0. The molecule has 0 saturated heterocycles. The Balaban J connectivity index is 1.69. The van der Waals surface area contributed by atoms with E-state index in [9.17, 15) is 0 Å². The molecule has 0 N–H and O–H groups in total. The van der Waals surface area contributed by atoms with Gasteiger partial charge in [0.15, 0.2) is 0 Å². The average molecular weight is 411 g/mol. The van der Waals surface area contributed by atoms with E-state index in [1.54, 1.807) is 13.2 Å². The van der Waals surface area contributed by atoms with Crippen LogP contribution in [-0.4, -0.2) is 38.6 Å². The molecule has 1 saturated carbocycles. The second kappa shape index (κ2) is 11.9. The Labute approximate surface area is 180 Å². The fourth-order valence-corrected chi connectivity index (χ4v) is 3.43. The van der Waals surface area contributed by atoms with Crippen LogP contribution in [0.3, 0.4) is 0 Å². The summed E-state index contributed by atoms with van der Waals surface area (Å²) >= 11 is 0. The fraction of sp³-hybridized carbons (Fsp3) is 0.462. The number of hydrogen-bond donors (Lipinski definition) is 0. The van der Waals surface area contributed by atoms with Gasteiger partial charge in [0.25, 0.3) is 0 Å². The molecule has 1 aliphatic carbocycles. The number of methoxy groups -OCH3 is 1. The monoisotopic (exact) mass is 410 g/mol.